The summed E-state index contributed by atoms with van der Waals surface area (Å²) in [5.74, 6) is 25.1. The Morgan fingerprint density at radius 2 is 0.770 bits per heavy atom. The van der Waals surface area contributed by atoms with Crippen molar-refractivity contribution < 1.29 is 19.2 Å². The van der Waals surface area contributed by atoms with Crippen LogP contribution >= 0.6 is 38.9 Å². The zero-order chi connectivity index (χ0) is 62.1. The number of fused-ring (bicyclic) bond motifs is 4. The van der Waals surface area contributed by atoms with Gasteiger partial charge in [-0.3, -0.25) is 24.2 Å². The number of benzene rings is 3. The van der Waals surface area contributed by atoms with Crippen LogP contribution in [0.3, 0.4) is 0 Å². The predicted octanol–water partition coefficient (Wildman–Crippen LogP) is 15.3. The molecule has 5 heterocycles. The minimum Gasteiger partial charge on any atom is -0.294 e. The molecular weight excluding hydrogens is 1180 g/mol. The number of ketones is 4. The third kappa shape index (κ3) is 17.4. The van der Waals surface area contributed by atoms with E-state index in [4.69, 9.17) is 16.9 Å². The Balaban J connectivity index is 0.000000138. The summed E-state index contributed by atoms with van der Waals surface area (Å²) >= 11 is 10.9. The van der Waals surface area contributed by atoms with Crippen molar-refractivity contribution in [3.05, 3.63) is 237 Å². The van der Waals surface area contributed by atoms with Crippen molar-refractivity contribution in [2.75, 3.05) is 0 Å². The largest absolute Gasteiger partial charge is 0.294 e. The standard InChI is InChI=1S/C20H16N2O.C19H16BrNO.C19H16ClNO.C16H14N2OS/c1-20(2)11-18-17(19(23)12-20)9-8-16(22-18)7-6-14-4-3-5-15(10-14)13-21;2*1-19(2)11-17-16(18(22)12-19)9-8-15(21-17)7-6-13-4-3-5-14(20)10-13;1-16(2)7-14-13(15(19)8-16)6-4-11(18-14)3-5-12-9-17-10-20-12/h3-5,8-10H,11-12H2,1-2H3;2*3-5,8-10H,11-12H2,1-2H3;4,6,9-10H,7-8H2,1-2H3. The molecule has 0 fully saturated rings. The number of hydrogen-bond donors (Lipinski definition) is 0. The zero-order valence-electron chi connectivity index (χ0n) is 49.8. The maximum Gasteiger partial charge on any atom is 0.165 e. The van der Waals surface area contributed by atoms with Crippen LogP contribution in [0.25, 0.3) is 0 Å². The fourth-order valence-electron chi connectivity index (χ4n) is 10.6. The molecule has 0 bridgehead atoms. The third-order valence-electron chi connectivity index (χ3n) is 14.6. The van der Waals surface area contributed by atoms with E-state index in [1.54, 1.807) is 29.9 Å². The van der Waals surface area contributed by atoms with Gasteiger partial charge in [-0.25, -0.2) is 19.9 Å². The summed E-state index contributed by atoms with van der Waals surface area (Å²) in [6.45, 7) is 16.8. The van der Waals surface area contributed by atoms with Gasteiger partial charge in [0.05, 0.1) is 51.0 Å². The highest BCUT2D eigenvalue weighted by Crippen LogP contribution is 2.37. The molecule has 4 aliphatic rings. The summed E-state index contributed by atoms with van der Waals surface area (Å²) in [4.78, 5) is 71.7. The average molecular weight is 1250 g/mol. The lowest BCUT2D eigenvalue weighted by molar-refractivity contribution is 0.0900. The summed E-state index contributed by atoms with van der Waals surface area (Å²) in [7, 11) is 0. The highest BCUT2D eigenvalue weighted by atomic mass is 79.9. The van der Waals surface area contributed by atoms with E-state index in [0.29, 0.717) is 59.0 Å². The van der Waals surface area contributed by atoms with Crippen molar-refractivity contribution in [3.63, 3.8) is 0 Å². The molecule has 13 heteroatoms. The molecule has 0 amide bonds. The minimum absolute atomic E-state index is 0.0131. The van der Waals surface area contributed by atoms with Crippen LogP contribution in [0.2, 0.25) is 5.02 Å². The van der Waals surface area contributed by atoms with Gasteiger partial charge in [0.2, 0.25) is 0 Å². The molecule has 8 aromatic rings. The molecule has 0 saturated heterocycles. The number of carbonyl (C=O) groups is 4. The Hall–Kier alpha value is -8.93. The smallest absolute Gasteiger partial charge is 0.165 e. The second kappa shape index (κ2) is 26.8. The molecule has 0 radical (unpaired) electrons. The number of nitriles is 1. The third-order valence-corrected chi connectivity index (χ3v) is 16.0. The van der Waals surface area contributed by atoms with Crippen molar-refractivity contribution >= 4 is 62.0 Å². The molecule has 432 valence electrons. The lowest BCUT2D eigenvalue weighted by atomic mass is 9.75. The molecule has 0 N–H and O–H groups in total. The predicted molar refractivity (Wildman–Crippen MR) is 345 cm³/mol. The summed E-state index contributed by atoms with van der Waals surface area (Å²) in [6.07, 6.45) is 7.29. The van der Waals surface area contributed by atoms with Crippen LogP contribution in [0.5, 0.6) is 0 Å². The molecule has 5 aromatic heterocycles. The Labute approximate surface area is 527 Å². The van der Waals surface area contributed by atoms with Gasteiger partial charge in [-0.05, 0) is 180 Å². The van der Waals surface area contributed by atoms with E-state index in [9.17, 15) is 19.2 Å². The van der Waals surface area contributed by atoms with Gasteiger partial charge in [0.1, 0.15) is 22.8 Å². The van der Waals surface area contributed by atoms with Gasteiger partial charge in [0, 0.05) is 74.1 Å². The van der Waals surface area contributed by atoms with Crippen molar-refractivity contribution in [1.82, 2.24) is 24.9 Å². The number of rotatable bonds is 0. The summed E-state index contributed by atoms with van der Waals surface area (Å²) in [5.41, 5.74) is 14.0. The minimum atomic E-state index is -0.0513. The van der Waals surface area contributed by atoms with Gasteiger partial charge in [-0.2, -0.15) is 5.26 Å². The zero-order valence-corrected chi connectivity index (χ0v) is 53.0. The Kier molecular flexibility index (Phi) is 19.3. The molecule has 87 heavy (non-hydrogen) atoms. The SMILES string of the molecule is CC1(C)CC(=O)c2ccc(C#Cc3cccc(Br)c3)nc2C1.CC1(C)CC(=O)c2ccc(C#Cc3cccc(C#N)c3)nc2C1.CC1(C)CC(=O)c2ccc(C#Cc3cccc(Cl)c3)nc2C1.CC1(C)CC(=O)c2ccc(C#Cc3cncs3)nc2C1. The van der Waals surface area contributed by atoms with E-state index >= 15 is 0 Å². The van der Waals surface area contributed by atoms with Gasteiger partial charge < -0.3 is 0 Å². The summed E-state index contributed by atoms with van der Waals surface area (Å²) in [6, 6.07) is 39.2. The Morgan fingerprint density at radius 3 is 1.13 bits per heavy atom. The van der Waals surface area contributed by atoms with Crippen LogP contribution in [-0.2, 0) is 25.7 Å². The van der Waals surface area contributed by atoms with Crippen LogP contribution in [-0.4, -0.2) is 48.1 Å². The normalized spacial score (nSPS) is 15.6. The molecule has 3 aromatic carbocycles. The first-order valence-corrected chi connectivity index (χ1v) is 30.5. The number of nitrogens with zero attached hydrogens (tertiary/aromatic N) is 6. The number of halogens is 2. The maximum atomic E-state index is 12.2. The molecule has 0 unspecified atom stereocenters. The van der Waals surface area contributed by atoms with E-state index in [1.165, 1.54) is 11.3 Å². The van der Waals surface area contributed by atoms with Crippen LogP contribution in [0, 0.1) is 80.4 Å². The monoisotopic (exact) mass is 1240 g/mol. The highest BCUT2D eigenvalue weighted by molar-refractivity contribution is 9.10. The molecule has 10 nitrogen and oxygen atoms in total. The highest BCUT2D eigenvalue weighted by Gasteiger charge is 2.35. The van der Waals surface area contributed by atoms with Crippen LogP contribution in [0.1, 0.15) is 195 Å². The van der Waals surface area contributed by atoms with Gasteiger partial charge in [-0.15, -0.1) is 11.3 Å². The fourth-order valence-corrected chi connectivity index (χ4v) is 11.7. The number of carbonyl (C=O) groups excluding carboxylic acids is 4. The fraction of sp³-hybridized carbons (Fsp3) is 0.270. The molecule has 0 atom stereocenters. The van der Waals surface area contributed by atoms with Crippen LogP contribution < -0.4 is 0 Å². The van der Waals surface area contributed by atoms with E-state index in [0.717, 1.165) is 96.8 Å². The number of thiazole rings is 1. The Morgan fingerprint density at radius 1 is 0.425 bits per heavy atom. The first-order valence-electron chi connectivity index (χ1n) is 28.5. The van der Waals surface area contributed by atoms with Crippen molar-refractivity contribution in [2.45, 2.75) is 107 Å². The molecule has 4 aliphatic carbocycles. The van der Waals surface area contributed by atoms with E-state index < -0.39 is 0 Å². The first kappa shape index (κ1) is 62.6. The lowest BCUT2D eigenvalue weighted by Gasteiger charge is -2.29. The number of hydrogen-bond acceptors (Lipinski definition) is 11. The maximum absolute atomic E-state index is 12.2. The molecule has 12 rings (SSSR count). The number of pyridine rings is 4. The van der Waals surface area contributed by atoms with Gasteiger partial charge in [0.15, 0.2) is 23.1 Å². The summed E-state index contributed by atoms with van der Waals surface area (Å²) in [5, 5.41) is 9.58. The second-order valence-electron chi connectivity index (χ2n) is 25.1. The van der Waals surface area contributed by atoms with Crippen molar-refractivity contribution in [2.24, 2.45) is 21.7 Å². The molecule has 0 aliphatic heterocycles. The number of aromatic nitrogens is 5. The average Bonchev–Trinajstić information content (AvgIpc) is 2.04. The van der Waals surface area contributed by atoms with E-state index in [-0.39, 0.29) is 44.8 Å². The van der Waals surface area contributed by atoms with E-state index in [1.807, 2.05) is 103 Å². The van der Waals surface area contributed by atoms with Crippen LogP contribution in [0.4, 0.5) is 0 Å². The molecule has 0 saturated carbocycles. The van der Waals surface area contributed by atoms with Gasteiger partial charge >= 0.3 is 0 Å². The van der Waals surface area contributed by atoms with Crippen molar-refractivity contribution in [1.29, 1.82) is 5.26 Å². The molecular formula is C74H62BrClN6O4S. The first-order chi connectivity index (χ1) is 41.4. The summed E-state index contributed by atoms with van der Waals surface area (Å²) < 4.78 is 1.00. The quantitative estimate of drug-likeness (QED) is 0.134. The number of Topliss-reactive ketones (excluding diaryl/α,β-unsaturated/α-hetero) is 4. The van der Waals surface area contributed by atoms with Gasteiger partial charge in [-0.1, -0.05) is 119 Å². The second-order valence-corrected chi connectivity index (χ2v) is 27.3. The van der Waals surface area contributed by atoms with Gasteiger partial charge in [0.25, 0.3) is 0 Å². The van der Waals surface area contributed by atoms with Crippen LogP contribution in [0.15, 0.2) is 138 Å². The Bertz CT molecular complexity index is 4220. The topological polar surface area (TPSA) is 157 Å². The lowest BCUT2D eigenvalue weighted by Crippen LogP contribution is -2.28. The van der Waals surface area contributed by atoms with E-state index in [2.05, 4.69) is 150 Å². The molecule has 0 spiro atoms. The van der Waals surface area contributed by atoms with Crippen molar-refractivity contribution in [3.8, 4) is 53.4 Å².